The third-order valence-electron chi connectivity index (χ3n) is 2.62. The standard InChI is InChI=1S/C11H11ClF5NO2.ClH/c1-19-6-4-3-5(7(12)8(6)20-2)9(18)10(13,14)11(15,16)17;/h3-4,9H,18H2,1-2H3;1H/t9-;/m0./s1. The number of hydrogen-bond acceptors (Lipinski definition) is 3. The van der Waals surface area contributed by atoms with E-state index >= 15 is 0 Å². The van der Waals surface area contributed by atoms with Crippen LogP contribution in [0.3, 0.4) is 0 Å². The third kappa shape index (κ3) is 3.61. The first-order chi connectivity index (χ1) is 9.07. The summed E-state index contributed by atoms with van der Waals surface area (Å²) in [7, 11) is 2.43. The van der Waals surface area contributed by atoms with E-state index in [1.807, 2.05) is 0 Å². The van der Waals surface area contributed by atoms with Crippen LogP contribution in [-0.2, 0) is 0 Å². The molecule has 3 nitrogen and oxygen atoms in total. The Morgan fingerprint density at radius 1 is 1.10 bits per heavy atom. The van der Waals surface area contributed by atoms with Crippen LogP contribution in [0.1, 0.15) is 11.6 Å². The van der Waals surface area contributed by atoms with Gasteiger partial charge < -0.3 is 15.2 Å². The Balaban J connectivity index is 0.00000400. The lowest BCUT2D eigenvalue weighted by atomic mass is 10.00. The molecule has 0 aliphatic rings. The maximum atomic E-state index is 13.2. The largest absolute Gasteiger partial charge is 0.493 e. The first-order valence-electron chi connectivity index (χ1n) is 5.18. The van der Waals surface area contributed by atoms with Crippen molar-refractivity contribution in [2.45, 2.75) is 18.1 Å². The Morgan fingerprint density at radius 3 is 2.00 bits per heavy atom. The summed E-state index contributed by atoms with van der Waals surface area (Å²) in [6, 6.07) is -0.574. The Morgan fingerprint density at radius 2 is 1.62 bits per heavy atom. The van der Waals surface area contributed by atoms with Crippen molar-refractivity contribution in [1.82, 2.24) is 0 Å². The van der Waals surface area contributed by atoms with Crippen molar-refractivity contribution in [3.8, 4) is 11.5 Å². The molecule has 0 aliphatic heterocycles. The summed E-state index contributed by atoms with van der Waals surface area (Å²) in [6.07, 6.45) is -5.79. The number of nitrogens with two attached hydrogens (primary N) is 1. The summed E-state index contributed by atoms with van der Waals surface area (Å²) < 4.78 is 73.0. The van der Waals surface area contributed by atoms with Gasteiger partial charge in [0.15, 0.2) is 11.5 Å². The van der Waals surface area contributed by atoms with Gasteiger partial charge in [-0.15, -0.1) is 12.4 Å². The molecule has 0 aliphatic carbocycles. The molecule has 0 aromatic heterocycles. The smallest absolute Gasteiger partial charge is 0.455 e. The minimum atomic E-state index is -5.79. The van der Waals surface area contributed by atoms with Crippen LogP contribution in [0, 0.1) is 0 Å². The van der Waals surface area contributed by atoms with E-state index in [1.54, 1.807) is 0 Å². The van der Waals surface area contributed by atoms with E-state index in [1.165, 1.54) is 14.2 Å². The van der Waals surface area contributed by atoms with E-state index in [9.17, 15) is 22.0 Å². The van der Waals surface area contributed by atoms with Crippen molar-refractivity contribution >= 4 is 24.0 Å². The fourth-order valence-corrected chi connectivity index (χ4v) is 1.87. The average Bonchev–Trinajstić information content (AvgIpc) is 2.35. The molecule has 0 saturated carbocycles. The molecule has 1 aromatic carbocycles. The summed E-state index contributed by atoms with van der Waals surface area (Å²) in [5, 5.41) is -0.455. The maximum absolute atomic E-state index is 13.2. The lowest BCUT2D eigenvalue weighted by molar-refractivity contribution is -0.290. The highest BCUT2D eigenvalue weighted by atomic mass is 35.5. The molecule has 1 atom stereocenters. The molecular weight excluding hydrogens is 344 g/mol. The molecule has 2 N–H and O–H groups in total. The highest BCUT2D eigenvalue weighted by Crippen LogP contribution is 2.47. The molecule has 1 rings (SSSR count). The number of halogens is 7. The van der Waals surface area contributed by atoms with Crippen molar-refractivity contribution in [3.63, 3.8) is 0 Å². The Kier molecular flexibility index (Phi) is 6.52. The minimum absolute atomic E-state index is 0. The molecule has 21 heavy (non-hydrogen) atoms. The molecule has 0 radical (unpaired) electrons. The van der Waals surface area contributed by atoms with Crippen LogP contribution in [0.4, 0.5) is 22.0 Å². The second-order valence-corrected chi connectivity index (χ2v) is 4.18. The summed E-state index contributed by atoms with van der Waals surface area (Å²) >= 11 is 5.76. The van der Waals surface area contributed by atoms with Gasteiger partial charge in [0.25, 0.3) is 0 Å². The zero-order chi connectivity index (χ0) is 15.7. The quantitative estimate of drug-likeness (QED) is 0.831. The number of ether oxygens (including phenoxy) is 2. The topological polar surface area (TPSA) is 44.5 Å². The van der Waals surface area contributed by atoms with E-state index < -0.39 is 28.7 Å². The monoisotopic (exact) mass is 355 g/mol. The van der Waals surface area contributed by atoms with Crippen molar-refractivity contribution in [2.24, 2.45) is 5.73 Å². The van der Waals surface area contributed by atoms with Gasteiger partial charge in [-0.25, -0.2) is 0 Å². The van der Waals surface area contributed by atoms with Crippen LogP contribution in [0.2, 0.25) is 5.02 Å². The molecule has 10 heteroatoms. The predicted molar refractivity (Wildman–Crippen MR) is 69.7 cm³/mol. The van der Waals surface area contributed by atoms with Crippen LogP contribution < -0.4 is 15.2 Å². The zero-order valence-corrected chi connectivity index (χ0v) is 12.4. The van der Waals surface area contributed by atoms with Gasteiger partial charge in [0.2, 0.25) is 0 Å². The number of alkyl halides is 5. The van der Waals surface area contributed by atoms with Gasteiger partial charge in [-0.2, -0.15) is 22.0 Å². The van der Waals surface area contributed by atoms with Crippen LogP contribution in [0.25, 0.3) is 0 Å². The Hall–Kier alpha value is -0.990. The lowest BCUT2D eigenvalue weighted by Gasteiger charge is -2.27. The number of rotatable bonds is 4. The summed E-state index contributed by atoms with van der Waals surface area (Å²) in [5.41, 5.74) is 4.43. The first-order valence-corrected chi connectivity index (χ1v) is 5.56. The van der Waals surface area contributed by atoms with Gasteiger partial charge in [0.1, 0.15) is 6.04 Å². The molecule has 1 aromatic rings. The highest BCUT2D eigenvalue weighted by molar-refractivity contribution is 6.33. The lowest BCUT2D eigenvalue weighted by Crippen LogP contribution is -2.46. The molecule has 0 heterocycles. The van der Waals surface area contributed by atoms with Gasteiger partial charge in [-0.1, -0.05) is 17.7 Å². The van der Waals surface area contributed by atoms with Crippen molar-refractivity contribution in [3.05, 3.63) is 22.7 Å². The molecule has 0 unspecified atom stereocenters. The molecule has 0 spiro atoms. The number of methoxy groups -OCH3 is 2. The third-order valence-corrected chi connectivity index (χ3v) is 3.01. The van der Waals surface area contributed by atoms with Crippen LogP contribution >= 0.6 is 24.0 Å². The second-order valence-electron chi connectivity index (χ2n) is 3.80. The molecule has 0 bridgehead atoms. The van der Waals surface area contributed by atoms with Crippen LogP contribution in [0.5, 0.6) is 11.5 Å². The van der Waals surface area contributed by atoms with Crippen molar-refractivity contribution < 1.29 is 31.4 Å². The summed E-state index contributed by atoms with van der Waals surface area (Å²) in [5.74, 6) is -5.21. The molecule has 0 saturated heterocycles. The van der Waals surface area contributed by atoms with E-state index in [2.05, 4.69) is 0 Å². The molecule has 0 amide bonds. The average molecular weight is 356 g/mol. The molecule has 0 fully saturated rings. The van der Waals surface area contributed by atoms with Gasteiger partial charge in [0, 0.05) is 0 Å². The summed E-state index contributed by atoms with van der Waals surface area (Å²) in [4.78, 5) is 0. The van der Waals surface area contributed by atoms with E-state index in [0.717, 1.165) is 12.1 Å². The van der Waals surface area contributed by atoms with Crippen LogP contribution in [-0.4, -0.2) is 26.3 Å². The molecule has 122 valence electrons. The fraction of sp³-hybridized carbons (Fsp3) is 0.455. The summed E-state index contributed by atoms with van der Waals surface area (Å²) in [6.45, 7) is 0. The Labute approximate surface area is 128 Å². The van der Waals surface area contributed by atoms with Gasteiger partial charge >= 0.3 is 12.1 Å². The number of hydrogen-bond donors (Lipinski definition) is 1. The highest BCUT2D eigenvalue weighted by Gasteiger charge is 2.62. The number of benzene rings is 1. The zero-order valence-electron chi connectivity index (χ0n) is 10.8. The Bertz CT molecular complexity index is 496. The first kappa shape index (κ1) is 20.0. The normalized spacial score (nSPS) is 13.4. The minimum Gasteiger partial charge on any atom is -0.493 e. The molecular formula is C11H12Cl2F5NO2. The van der Waals surface area contributed by atoms with Gasteiger partial charge in [-0.05, 0) is 11.6 Å². The van der Waals surface area contributed by atoms with E-state index in [4.69, 9.17) is 26.8 Å². The maximum Gasteiger partial charge on any atom is 0.455 e. The predicted octanol–water partition coefficient (Wildman–Crippen LogP) is 3.98. The van der Waals surface area contributed by atoms with E-state index in [0.29, 0.717) is 0 Å². The van der Waals surface area contributed by atoms with Crippen LogP contribution in [0.15, 0.2) is 12.1 Å². The SMILES string of the molecule is COc1ccc([C@H](N)C(F)(F)C(F)(F)F)c(Cl)c1OC.Cl. The van der Waals surface area contributed by atoms with Crippen molar-refractivity contribution in [1.29, 1.82) is 0 Å². The van der Waals surface area contributed by atoms with Gasteiger partial charge in [0.05, 0.1) is 19.2 Å². The van der Waals surface area contributed by atoms with E-state index in [-0.39, 0.29) is 23.9 Å². The second kappa shape index (κ2) is 6.85. The fourth-order valence-electron chi connectivity index (χ4n) is 1.52. The van der Waals surface area contributed by atoms with Gasteiger partial charge in [-0.3, -0.25) is 0 Å². The van der Waals surface area contributed by atoms with Crippen molar-refractivity contribution in [2.75, 3.05) is 14.2 Å².